The van der Waals surface area contributed by atoms with Crippen molar-refractivity contribution in [2.75, 3.05) is 11.1 Å². The molecule has 0 unspecified atom stereocenters. The minimum absolute atomic E-state index is 0.165. The van der Waals surface area contributed by atoms with Crippen molar-refractivity contribution >= 4 is 39.4 Å². The summed E-state index contributed by atoms with van der Waals surface area (Å²) in [5.41, 5.74) is 10.9. The van der Waals surface area contributed by atoms with Crippen molar-refractivity contribution in [3.8, 4) is 11.1 Å². The molecule has 0 aliphatic rings. The van der Waals surface area contributed by atoms with Crippen LogP contribution < -0.4 is 11.1 Å². The SMILES string of the molecule is Cc1nn(CC(C)(C)O)cc1Nc1nc(N)c2c(-c3cccc4[nH]ncc34)cn(C(C)C)c2n1. The van der Waals surface area contributed by atoms with Crippen LogP contribution >= 0.6 is 0 Å². The molecule has 0 saturated carbocycles. The lowest BCUT2D eigenvalue weighted by Crippen LogP contribution is -2.26. The first kappa shape index (κ1) is 21.9. The Morgan fingerprint density at radius 2 is 1.97 bits per heavy atom. The summed E-state index contributed by atoms with van der Waals surface area (Å²) < 4.78 is 3.82. The predicted octanol–water partition coefficient (Wildman–Crippen LogP) is 4.16. The van der Waals surface area contributed by atoms with E-state index in [1.54, 1.807) is 18.5 Å². The smallest absolute Gasteiger partial charge is 0.231 e. The lowest BCUT2D eigenvalue weighted by Gasteiger charge is -2.16. The van der Waals surface area contributed by atoms with E-state index in [0.29, 0.717) is 18.3 Å². The zero-order valence-electron chi connectivity index (χ0n) is 20.0. The Labute approximate surface area is 196 Å². The lowest BCUT2D eigenvalue weighted by atomic mass is 10.0. The summed E-state index contributed by atoms with van der Waals surface area (Å²) in [4.78, 5) is 9.42. The molecule has 0 bridgehead atoms. The number of nitrogens with zero attached hydrogens (tertiary/aromatic N) is 6. The number of fused-ring (bicyclic) bond motifs is 2. The first-order valence-corrected chi connectivity index (χ1v) is 11.2. The highest BCUT2D eigenvalue weighted by molar-refractivity contribution is 6.07. The number of aromatic nitrogens is 7. The third-order valence-electron chi connectivity index (χ3n) is 5.77. The van der Waals surface area contributed by atoms with Crippen LogP contribution in [0.5, 0.6) is 0 Å². The highest BCUT2D eigenvalue weighted by Gasteiger charge is 2.21. The largest absolute Gasteiger partial charge is 0.389 e. The Morgan fingerprint density at radius 1 is 1.18 bits per heavy atom. The number of benzene rings is 1. The molecule has 10 nitrogen and oxygen atoms in total. The minimum Gasteiger partial charge on any atom is -0.389 e. The fraction of sp³-hybridized carbons (Fsp3) is 0.333. The Hall–Kier alpha value is -3.92. The molecule has 0 aliphatic carbocycles. The van der Waals surface area contributed by atoms with Gasteiger partial charge in [-0.05, 0) is 46.2 Å². The van der Waals surface area contributed by atoms with E-state index in [2.05, 4.69) is 56.3 Å². The van der Waals surface area contributed by atoms with Gasteiger partial charge in [0.25, 0.3) is 0 Å². The maximum atomic E-state index is 10.1. The van der Waals surface area contributed by atoms with Gasteiger partial charge in [-0.1, -0.05) is 12.1 Å². The predicted molar refractivity (Wildman–Crippen MR) is 134 cm³/mol. The highest BCUT2D eigenvalue weighted by Crippen LogP contribution is 2.38. The van der Waals surface area contributed by atoms with Gasteiger partial charge in [-0.2, -0.15) is 20.2 Å². The zero-order chi connectivity index (χ0) is 24.2. The molecule has 4 aromatic heterocycles. The van der Waals surface area contributed by atoms with E-state index in [1.165, 1.54) is 0 Å². The van der Waals surface area contributed by atoms with Crippen LogP contribution in [-0.2, 0) is 6.54 Å². The molecule has 0 fully saturated rings. The van der Waals surface area contributed by atoms with Crippen LogP contribution in [0.25, 0.3) is 33.1 Å². The van der Waals surface area contributed by atoms with Crippen LogP contribution in [0.1, 0.15) is 39.4 Å². The molecule has 0 spiro atoms. The molecule has 0 saturated heterocycles. The molecule has 176 valence electrons. The molecule has 0 amide bonds. The Morgan fingerprint density at radius 3 is 2.71 bits per heavy atom. The van der Waals surface area contributed by atoms with E-state index < -0.39 is 5.60 Å². The number of anilines is 3. The monoisotopic (exact) mass is 459 g/mol. The minimum atomic E-state index is -0.873. The summed E-state index contributed by atoms with van der Waals surface area (Å²) in [6, 6.07) is 6.22. The van der Waals surface area contributed by atoms with Crippen molar-refractivity contribution in [2.45, 2.75) is 52.8 Å². The van der Waals surface area contributed by atoms with E-state index in [9.17, 15) is 5.11 Å². The number of aromatic amines is 1. The lowest BCUT2D eigenvalue weighted by molar-refractivity contribution is 0.0577. The van der Waals surface area contributed by atoms with E-state index >= 15 is 0 Å². The van der Waals surface area contributed by atoms with Gasteiger partial charge in [-0.3, -0.25) is 9.78 Å². The molecular weight excluding hydrogens is 430 g/mol. The van der Waals surface area contributed by atoms with Crippen molar-refractivity contribution in [3.05, 3.63) is 42.5 Å². The summed E-state index contributed by atoms with van der Waals surface area (Å²) in [7, 11) is 0. The summed E-state index contributed by atoms with van der Waals surface area (Å²) >= 11 is 0. The molecule has 34 heavy (non-hydrogen) atoms. The second-order valence-electron chi connectivity index (χ2n) is 9.57. The molecule has 0 radical (unpaired) electrons. The molecular formula is C24H29N9O. The molecule has 10 heteroatoms. The second kappa shape index (κ2) is 7.84. The van der Waals surface area contributed by atoms with E-state index in [1.807, 2.05) is 31.5 Å². The van der Waals surface area contributed by atoms with Crippen LogP contribution in [0.4, 0.5) is 17.5 Å². The Kier molecular flexibility index (Phi) is 5.05. The quantitative estimate of drug-likeness (QED) is 0.299. The maximum absolute atomic E-state index is 10.1. The number of hydrogen-bond acceptors (Lipinski definition) is 7. The van der Waals surface area contributed by atoms with Crippen LogP contribution in [0.15, 0.2) is 36.8 Å². The summed E-state index contributed by atoms with van der Waals surface area (Å²) in [6.07, 6.45) is 5.74. The molecule has 4 heterocycles. The van der Waals surface area contributed by atoms with Crippen molar-refractivity contribution in [3.63, 3.8) is 0 Å². The van der Waals surface area contributed by atoms with Gasteiger partial charge in [0.15, 0.2) is 0 Å². The third-order valence-corrected chi connectivity index (χ3v) is 5.77. The summed E-state index contributed by atoms with van der Waals surface area (Å²) in [5.74, 6) is 0.785. The fourth-order valence-electron chi connectivity index (χ4n) is 4.27. The number of H-pyrrole nitrogens is 1. The van der Waals surface area contributed by atoms with Gasteiger partial charge >= 0.3 is 0 Å². The molecule has 0 aliphatic heterocycles. The van der Waals surface area contributed by atoms with Crippen LogP contribution in [-0.4, -0.2) is 45.2 Å². The number of rotatable bonds is 6. The maximum Gasteiger partial charge on any atom is 0.231 e. The Balaban J connectivity index is 1.61. The van der Waals surface area contributed by atoms with Gasteiger partial charge in [-0.25, -0.2) is 0 Å². The van der Waals surface area contributed by atoms with Gasteiger partial charge in [0, 0.05) is 29.4 Å². The number of aliphatic hydroxyl groups is 1. The number of hydrogen-bond donors (Lipinski definition) is 4. The number of nitrogen functional groups attached to an aromatic ring is 1. The Bertz CT molecular complexity index is 1500. The topological polar surface area (TPSA) is 135 Å². The van der Waals surface area contributed by atoms with Crippen LogP contribution in [0, 0.1) is 6.92 Å². The zero-order valence-corrected chi connectivity index (χ0v) is 20.0. The van der Waals surface area contributed by atoms with Gasteiger partial charge in [-0.15, -0.1) is 0 Å². The van der Waals surface area contributed by atoms with Crippen molar-refractivity contribution in [2.24, 2.45) is 0 Å². The van der Waals surface area contributed by atoms with Gasteiger partial charge in [0.1, 0.15) is 11.5 Å². The standard InChI is InChI=1S/C24H29N9O/c1-13(2)33-10-17(15-7-6-8-18-16(15)9-26-30-18)20-21(25)28-23(29-22(20)33)27-19-11-32(31-14(19)3)12-24(4,5)34/h6-11,13,34H,12H2,1-5H3,(H,26,30)(H3,25,27,28,29). The first-order chi connectivity index (χ1) is 16.1. The first-order valence-electron chi connectivity index (χ1n) is 11.2. The second-order valence-corrected chi connectivity index (χ2v) is 9.57. The van der Waals surface area contributed by atoms with Crippen molar-refractivity contribution in [1.82, 2.24) is 34.5 Å². The van der Waals surface area contributed by atoms with E-state index in [0.717, 1.165) is 44.4 Å². The molecule has 1 aromatic carbocycles. The highest BCUT2D eigenvalue weighted by atomic mass is 16.3. The number of nitrogens with two attached hydrogens (primary N) is 1. The van der Waals surface area contributed by atoms with Crippen molar-refractivity contribution < 1.29 is 5.11 Å². The number of aryl methyl sites for hydroxylation is 1. The van der Waals surface area contributed by atoms with Gasteiger partial charge in [0.05, 0.1) is 40.6 Å². The molecule has 5 N–H and O–H groups in total. The molecule has 5 rings (SSSR count). The average molecular weight is 460 g/mol. The van der Waals surface area contributed by atoms with Gasteiger partial charge < -0.3 is 20.7 Å². The van der Waals surface area contributed by atoms with Crippen molar-refractivity contribution in [1.29, 1.82) is 0 Å². The van der Waals surface area contributed by atoms with Gasteiger partial charge in [0.2, 0.25) is 5.95 Å². The average Bonchev–Trinajstić information content (AvgIpc) is 3.44. The fourth-order valence-corrected chi connectivity index (χ4v) is 4.27. The molecule has 5 aromatic rings. The third kappa shape index (κ3) is 3.86. The molecule has 0 atom stereocenters. The van der Waals surface area contributed by atoms with E-state index in [4.69, 9.17) is 10.7 Å². The van der Waals surface area contributed by atoms with Crippen LogP contribution in [0.3, 0.4) is 0 Å². The normalized spacial score (nSPS) is 12.3. The summed E-state index contributed by atoms with van der Waals surface area (Å²) in [5, 5.41) is 26.9. The summed E-state index contributed by atoms with van der Waals surface area (Å²) in [6.45, 7) is 9.98. The van der Waals surface area contributed by atoms with E-state index in [-0.39, 0.29) is 6.04 Å². The van der Waals surface area contributed by atoms with Crippen LogP contribution in [0.2, 0.25) is 0 Å². The number of nitrogens with one attached hydrogen (secondary N) is 2.